The van der Waals surface area contributed by atoms with E-state index >= 15 is 0 Å². The van der Waals surface area contributed by atoms with Crippen molar-refractivity contribution in [3.63, 3.8) is 0 Å². The quantitative estimate of drug-likeness (QED) is 0.388. The summed E-state index contributed by atoms with van der Waals surface area (Å²) in [6.45, 7) is 2.23. The van der Waals surface area contributed by atoms with Crippen LogP contribution in [0.4, 0.5) is 0 Å². The number of hydrogen-bond donors (Lipinski definition) is 1. The fourth-order valence-electron chi connectivity index (χ4n) is 3.69. The van der Waals surface area contributed by atoms with Crippen molar-refractivity contribution < 1.29 is 0 Å². The van der Waals surface area contributed by atoms with E-state index < -0.39 is 0 Å². The van der Waals surface area contributed by atoms with Gasteiger partial charge in [0.15, 0.2) is 0 Å². The summed E-state index contributed by atoms with van der Waals surface area (Å²) in [5.41, 5.74) is 2.31. The van der Waals surface area contributed by atoms with Gasteiger partial charge in [0.1, 0.15) is 0 Å². The fraction of sp³-hybridized carbons (Fsp3) is 0.227. The summed E-state index contributed by atoms with van der Waals surface area (Å²) in [6, 6.07) is 18.6. The van der Waals surface area contributed by atoms with Gasteiger partial charge in [0.25, 0.3) is 5.56 Å². The Labute approximate surface area is 141 Å². The van der Waals surface area contributed by atoms with Crippen LogP contribution in [0.3, 0.4) is 0 Å². The average molecular weight is 315 g/mol. The minimum Gasteiger partial charge on any atom is -0.321 e. The standard InChI is InChI=1S/C22H21NO/c1-2-3-4-10-16-14-15-9-5-6-11-17(15)21-20(16)18-12-7-8-13-19(18)22(24)23-21/h5-9,11-14H,2-4,10H2,1H3,(H,23,24). The Morgan fingerprint density at radius 1 is 0.875 bits per heavy atom. The van der Waals surface area contributed by atoms with Gasteiger partial charge in [0, 0.05) is 16.2 Å². The van der Waals surface area contributed by atoms with Crippen LogP contribution in [0.5, 0.6) is 0 Å². The Balaban J connectivity index is 2.14. The van der Waals surface area contributed by atoms with Crippen LogP contribution >= 0.6 is 0 Å². The molecular weight excluding hydrogens is 294 g/mol. The van der Waals surface area contributed by atoms with E-state index in [1.165, 1.54) is 35.6 Å². The Bertz CT molecular complexity index is 1090. The van der Waals surface area contributed by atoms with Crippen LogP contribution in [0.1, 0.15) is 31.7 Å². The highest BCUT2D eigenvalue weighted by Crippen LogP contribution is 2.32. The summed E-state index contributed by atoms with van der Waals surface area (Å²) < 4.78 is 0. The molecule has 4 rings (SSSR count). The lowest BCUT2D eigenvalue weighted by Crippen LogP contribution is -2.07. The number of unbranched alkanes of at least 4 members (excludes halogenated alkanes) is 2. The largest absolute Gasteiger partial charge is 0.321 e. The molecule has 1 heterocycles. The number of rotatable bonds is 4. The molecule has 120 valence electrons. The number of aromatic nitrogens is 1. The van der Waals surface area contributed by atoms with Crippen molar-refractivity contribution in [3.8, 4) is 0 Å². The van der Waals surface area contributed by atoms with Crippen molar-refractivity contribution >= 4 is 32.4 Å². The molecule has 2 nitrogen and oxygen atoms in total. The highest BCUT2D eigenvalue weighted by molar-refractivity contribution is 6.16. The van der Waals surface area contributed by atoms with E-state index in [1.807, 2.05) is 24.3 Å². The molecule has 0 aliphatic rings. The number of nitrogens with one attached hydrogen (secondary N) is 1. The van der Waals surface area contributed by atoms with Gasteiger partial charge in [-0.05, 0) is 35.2 Å². The van der Waals surface area contributed by atoms with Gasteiger partial charge in [0.05, 0.1) is 5.52 Å². The second-order valence-corrected chi connectivity index (χ2v) is 6.46. The van der Waals surface area contributed by atoms with E-state index in [9.17, 15) is 4.79 Å². The van der Waals surface area contributed by atoms with Crippen molar-refractivity contribution in [2.75, 3.05) is 0 Å². The molecule has 0 unspecified atom stereocenters. The molecular formula is C22H21NO. The molecule has 4 aromatic rings. The summed E-state index contributed by atoms with van der Waals surface area (Å²) in [5, 5.41) is 5.36. The molecule has 0 radical (unpaired) electrons. The second kappa shape index (κ2) is 6.12. The molecule has 1 aromatic heterocycles. The summed E-state index contributed by atoms with van der Waals surface area (Å²) in [5.74, 6) is 0. The first kappa shape index (κ1) is 14.9. The van der Waals surface area contributed by atoms with Crippen molar-refractivity contribution in [2.24, 2.45) is 0 Å². The molecule has 0 amide bonds. The number of H-pyrrole nitrogens is 1. The zero-order valence-corrected chi connectivity index (χ0v) is 13.9. The first-order valence-electron chi connectivity index (χ1n) is 8.75. The first-order chi connectivity index (χ1) is 11.8. The highest BCUT2D eigenvalue weighted by atomic mass is 16.1. The van der Waals surface area contributed by atoms with Crippen molar-refractivity contribution in [2.45, 2.75) is 32.6 Å². The van der Waals surface area contributed by atoms with E-state index in [-0.39, 0.29) is 5.56 Å². The maximum Gasteiger partial charge on any atom is 0.256 e. The monoisotopic (exact) mass is 315 g/mol. The Hall–Kier alpha value is -2.61. The van der Waals surface area contributed by atoms with Crippen molar-refractivity contribution in [1.29, 1.82) is 0 Å². The molecule has 0 saturated heterocycles. The van der Waals surface area contributed by atoms with Gasteiger partial charge in [-0.3, -0.25) is 4.79 Å². The lowest BCUT2D eigenvalue weighted by atomic mass is 9.94. The maximum absolute atomic E-state index is 12.6. The molecule has 0 bridgehead atoms. The molecule has 0 aliphatic heterocycles. The molecule has 0 atom stereocenters. The predicted molar refractivity (Wildman–Crippen MR) is 103 cm³/mol. The Morgan fingerprint density at radius 2 is 1.58 bits per heavy atom. The third kappa shape index (κ3) is 2.39. The zero-order valence-electron chi connectivity index (χ0n) is 13.9. The Kier molecular flexibility index (Phi) is 3.81. The van der Waals surface area contributed by atoms with E-state index in [0.717, 1.165) is 28.1 Å². The number of pyridine rings is 1. The molecule has 0 spiro atoms. The van der Waals surface area contributed by atoms with E-state index in [4.69, 9.17) is 0 Å². The molecule has 2 heteroatoms. The zero-order chi connectivity index (χ0) is 16.5. The van der Waals surface area contributed by atoms with Crippen LogP contribution in [-0.4, -0.2) is 4.98 Å². The van der Waals surface area contributed by atoms with Crippen molar-refractivity contribution in [1.82, 2.24) is 4.98 Å². The lowest BCUT2D eigenvalue weighted by molar-refractivity contribution is 0.720. The van der Waals surface area contributed by atoms with E-state index in [2.05, 4.69) is 42.2 Å². The third-order valence-corrected chi connectivity index (χ3v) is 4.86. The van der Waals surface area contributed by atoms with Gasteiger partial charge >= 0.3 is 0 Å². The highest BCUT2D eigenvalue weighted by Gasteiger charge is 2.12. The molecule has 0 aliphatic carbocycles. The normalized spacial score (nSPS) is 11.5. The molecule has 24 heavy (non-hydrogen) atoms. The Morgan fingerprint density at radius 3 is 2.38 bits per heavy atom. The number of aromatic amines is 1. The summed E-state index contributed by atoms with van der Waals surface area (Å²) in [4.78, 5) is 15.7. The van der Waals surface area contributed by atoms with E-state index in [0.29, 0.717) is 0 Å². The second-order valence-electron chi connectivity index (χ2n) is 6.46. The minimum atomic E-state index is -0.00559. The minimum absolute atomic E-state index is 0.00559. The van der Waals surface area contributed by atoms with Crippen molar-refractivity contribution in [3.05, 3.63) is 70.5 Å². The topological polar surface area (TPSA) is 32.9 Å². The third-order valence-electron chi connectivity index (χ3n) is 4.86. The summed E-state index contributed by atoms with van der Waals surface area (Å²) in [6.07, 6.45) is 4.67. The van der Waals surface area contributed by atoms with Gasteiger partial charge in [-0.25, -0.2) is 0 Å². The van der Waals surface area contributed by atoms with E-state index in [1.54, 1.807) is 0 Å². The number of fused-ring (bicyclic) bond motifs is 5. The molecule has 0 fully saturated rings. The predicted octanol–water partition coefficient (Wildman–Crippen LogP) is 5.57. The van der Waals surface area contributed by atoms with Crippen LogP contribution in [-0.2, 0) is 6.42 Å². The van der Waals surface area contributed by atoms with Gasteiger partial charge in [-0.2, -0.15) is 0 Å². The molecule has 1 N–H and O–H groups in total. The van der Waals surface area contributed by atoms with Crippen LogP contribution < -0.4 is 5.56 Å². The smallest absolute Gasteiger partial charge is 0.256 e. The summed E-state index contributed by atoms with van der Waals surface area (Å²) >= 11 is 0. The molecule has 3 aromatic carbocycles. The average Bonchev–Trinajstić information content (AvgIpc) is 2.62. The molecule has 0 saturated carbocycles. The number of hydrogen-bond acceptors (Lipinski definition) is 1. The number of benzene rings is 3. The lowest BCUT2D eigenvalue weighted by Gasteiger charge is -2.13. The van der Waals surface area contributed by atoms with Gasteiger partial charge in [-0.15, -0.1) is 0 Å². The summed E-state index contributed by atoms with van der Waals surface area (Å²) in [7, 11) is 0. The van der Waals surface area contributed by atoms with Gasteiger partial charge < -0.3 is 4.98 Å². The van der Waals surface area contributed by atoms with Crippen LogP contribution in [0.25, 0.3) is 32.4 Å². The number of aryl methyl sites for hydroxylation is 1. The maximum atomic E-state index is 12.6. The SMILES string of the molecule is CCCCCc1cc2ccccc2c2[nH]c(=O)c3ccccc3c12. The van der Waals surface area contributed by atoms with Gasteiger partial charge in [-0.1, -0.05) is 68.3 Å². The van der Waals surface area contributed by atoms with Crippen LogP contribution in [0, 0.1) is 0 Å². The van der Waals surface area contributed by atoms with Crippen LogP contribution in [0.2, 0.25) is 0 Å². The fourth-order valence-corrected chi connectivity index (χ4v) is 3.69. The first-order valence-corrected chi connectivity index (χ1v) is 8.75. The van der Waals surface area contributed by atoms with Gasteiger partial charge in [0.2, 0.25) is 0 Å². The van der Waals surface area contributed by atoms with Crippen LogP contribution in [0.15, 0.2) is 59.4 Å².